The normalized spacial score (nSPS) is 15.2. The quantitative estimate of drug-likeness (QED) is 0.728. The molecule has 0 spiro atoms. The highest BCUT2D eigenvalue weighted by molar-refractivity contribution is 5.97. The van der Waals surface area contributed by atoms with Crippen LogP contribution in [0.3, 0.4) is 0 Å². The van der Waals surface area contributed by atoms with Gasteiger partial charge in [-0.3, -0.25) is 19.2 Å². The molecule has 4 rings (SSSR count). The summed E-state index contributed by atoms with van der Waals surface area (Å²) >= 11 is 0. The van der Waals surface area contributed by atoms with Crippen molar-refractivity contribution in [2.75, 3.05) is 13.1 Å². The van der Waals surface area contributed by atoms with Gasteiger partial charge in [0.05, 0.1) is 12.2 Å². The number of hydrogen-bond donors (Lipinski definition) is 1. The van der Waals surface area contributed by atoms with Gasteiger partial charge in [0.2, 0.25) is 5.88 Å². The Kier molecular flexibility index (Phi) is 4.45. The van der Waals surface area contributed by atoms with E-state index in [1.165, 1.54) is 25.2 Å². The van der Waals surface area contributed by atoms with E-state index in [1.807, 2.05) is 28.8 Å². The van der Waals surface area contributed by atoms with Crippen LogP contribution in [0.5, 0.6) is 5.88 Å². The minimum absolute atomic E-state index is 0.0318. The largest absolute Gasteiger partial charge is 0.493 e. The summed E-state index contributed by atoms with van der Waals surface area (Å²) in [7, 11) is 0. The van der Waals surface area contributed by atoms with Gasteiger partial charge in [0, 0.05) is 23.3 Å². The van der Waals surface area contributed by atoms with E-state index >= 15 is 0 Å². The molecule has 1 aliphatic heterocycles. The number of pyridine rings is 1. The maximum Gasteiger partial charge on any atom is 0.295 e. The number of aromatic hydroxyl groups is 1. The van der Waals surface area contributed by atoms with Gasteiger partial charge >= 0.3 is 0 Å². The molecule has 1 aromatic carbocycles. The Balaban J connectivity index is 1.69. The van der Waals surface area contributed by atoms with Gasteiger partial charge in [-0.25, -0.2) is 0 Å². The molecule has 0 bridgehead atoms. The summed E-state index contributed by atoms with van der Waals surface area (Å²) < 4.78 is 1.83. The summed E-state index contributed by atoms with van der Waals surface area (Å²) in [6.45, 7) is 2.63. The van der Waals surface area contributed by atoms with E-state index in [-0.39, 0.29) is 5.88 Å². The number of carbonyl (C=O) groups is 1. The van der Waals surface area contributed by atoms with Gasteiger partial charge < -0.3 is 5.11 Å². The molecule has 0 atom stereocenters. The lowest BCUT2D eigenvalue weighted by Crippen LogP contribution is -2.22. The zero-order chi connectivity index (χ0) is 17.9. The number of nitrogens with zero attached hydrogens (tertiary/aromatic N) is 5. The van der Waals surface area contributed by atoms with E-state index in [9.17, 15) is 9.90 Å². The molecule has 7 nitrogen and oxygen atoms in total. The predicted octanol–water partition coefficient (Wildman–Crippen LogP) is 3.72. The summed E-state index contributed by atoms with van der Waals surface area (Å²) in [6.07, 6.45) is 5.41. The van der Waals surface area contributed by atoms with Crippen molar-refractivity contribution in [3.8, 4) is 5.88 Å². The Labute approximate surface area is 150 Å². The Morgan fingerprint density at radius 3 is 2.62 bits per heavy atom. The first kappa shape index (κ1) is 16.4. The summed E-state index contributed by atoms with van der Waals surface area (Å²) in [5, 5.41) is 19.4. The SMILES string of the molecule is O=C(N=Nc1c(O)n(CN2CCCC2)c2ccccc12)c1ccncc1. The molecule has 1 aliphatic rings. The topological polar surface area (TPSA) is 83.1 Å². The number of hydrogen-bond acceptors (Lipinski definition) is 5. The molecular formula is C19H19N5O2. The number of likely N-dealkylation sites (tertiary alicyclic amines) is 1. The third-order valence-electron chi connectivity index (χ3n) is 4.63. The Morgan fingerprint density at radius 1 is 1.12 bits per heavy atom. The van der Waals surface area contributed by atoms with Crippen molar-refractivity contribution < 1.29 is 9.90 Å². The van der Waals surface area contributed by atoms with Crippen molar-refractivity contribution in [1.29, 1.82) is 0 Å². The molecule has 1 saturated heterocycles. The number of aromatic nitrogens is 2. The van der Waals surface area contributed by atoms with Gasteiger partial charge in [-0.2, -0.15) is 0 Å². The van der Waals surface area contributed by atoms with E-state index in [2.05, 4.69) is 20.1 Å². The van der Waals surface area contributed by atoms with Gasteiger partial charge in [-0.15, -0.1) is 10.2 Å². The van der Waals surface area contributed by atoms with Crippen molar-refractivity contribution in [2.45, 2.75) is 19.5 Å². The van der Waals surface area contributed by atoms with Crippen LogP contribution in [0, 0.1) is 0 Å². The van der Waals surface area contributed by atoms with Crippen molar-refractivity contribution in [1.82, 2.24) is 14.5 Å². The molecule has 0 saturated carbocycles. The van der Waals surface area contributed by atoms with Crippen LogP contribution in [0.25, 0.3) is 10.9 Å². The van der Waals surface area contributed by atoms with Crippen LogP contribution in [0.1, 0.15) is 23.2 Å². The van der Waals surface area contributed by atoms with E-state index in [4.69, 9.17) is 0 Å². The van der Waals surface area contributed by atoms with Crippen molar-refractivity contribution in [2.24, 2.45) is 10.2 Å². The van der Waals surface area contributed by atoms with E-state index in [0.29, 0.717) is 17.9 Å². The molecule has 1 N–H and O–H groups in total. The maximum absolute atomic E-state index is 12.2. The Bertz CT molecular complexity index is 959. The van der Waals surface area contributed by atoms with Gasteiger partial charge in [0.1, 0.15) is 0 Å². The van der Waals surface area contributed by atoms with Crippen LogP contribution in [0.4, 0.5) is 5.69 Å². The van der Waals surface area contributed by atoms with Gasteiger partial charge in [0.15, 0.2) is 5.69 Å². The highest BCUT2D eigenvalue weighted by Crippen LogP contribution is 2.39. The first-order valence-corrected chi connectivity index (χ1v) is 8.62. The summed E-state index contributed by atoms with van der Waals surface area (Å²) in [5.74, 6) is -0.437. The molecular weight excluding hydrogens is 330 g/mol. The molecule has 0 radical (unpaired) electrons. The van der Waals surface area contributed by atoms with Crippen LogP contribution >= 0.6 is 0 Å². The highest BCUT2D eigenvalue weighted by atomic mass is 16.3. The summed E-state index contributed by atoms with van der Waals surface area (Å²) in [5.41, 5.74) is 1.61. The number of benzene rings is 1. The molecule has 0 aliphatic carbocycles. The average molecular weight is 349 g/mol. The molecule has 2 aromatic heterocycles. The highest BCUT2D eigenvalue weighted by Gasteiger charge is 2.20. The fourth-order valence-corrected chi connectivity index (χ4v) is 3.29. The summed E-state index contributed by atoms with van der Waals surface area (Å²) in [6, 6.07) is 10.8. The van der Waals surface area contributed by atoms with E-state index in [1.54, 1.807) is 12.1 Å². The van der Waals surface area contributed by atoms with E-state index < -0.39 is 5.91 Å². The lowest BCUT2D eigenvalue weighted by molar-refractivity contribution is 0.0995. The number of para-hydroxylation sites is 1. The lowest BCUT2D eigenvalue weighted by atomic mass is 10.2. The Morgan fingerprint density at radius 2 is 1.85 bits per heavy atom. The van der Waals surface area contributed by atoms with Crippen LogP contribution < -0.4 is 0 Å². The number of amides is 1. The van der Waals surface area contributed by atoms with Gasteiger partial charge in [-0.1, -0.05) is 18.2 Å². The summed E-state index contributed by atoms with van der Waals surface area (Å²) in [4.78, 5) is 18.3. The van der Waals surface area contributed by atoms with Crippen molar-refractivity contribution in [3.63, 3.8) is 0 Å². The molecule has 132 valence electrons. The molecule has 3 heterocycles. The predicted molar refractivity (Wildman–Crippen MR) is 97.5 cm³/mol. The number of fused-ring (bicyclic) bond motifs is 1. The standard InChI is InChI=1S/C19H19N5O2/c25-18(14-7-9-20-10-8-14)22-21-17-15-5-1-2-6-16(15)24(19(17)26)13-23-11-3-4-12-23/h1-2,5-10,26H,3-4,11-13H2. The second kappa shape index (κ2) is 7.05. The first-order chi connectivity index (χ1) is 12.7. The zero-order valence-corrected chi connectivity index (χ0v) is 14.2. The molecule has 26 heavy (non-hydrogen) atoms. The molecule has 7 heteroatoms. The number of azo groups is 1. The van der Waals surface area contributed by atoms with E-state index in [0.717, 1.165) is 24.0 Å². The average Bonchev–Trinajstić information content (AvgIpc) is 3.28. The van der Waals surface area contributed by atoms with Crippen molar-refractivity contribution in [3.05, 3.63) is 54.4 Å². The maximum atomic E-state index is 12.2. The fourth-order valence-electron chi connectivity index (χ4n) is 3.29. The smallest absolute Gasteiger partial charge is 0.295 e. The van der Waals surface area contributed by atoms with Crippen LogP contribution in [-0.2, 0) is 6.67 Å². The minimum Gasteiger partial charge on any atom is -0.493 e. The molecule has 0 unspecified atom stereocenters. The van der Waals surface area contributed by atoms with Gasteiger partial charge in [0.25, 0.3) is 5.91 Å². The fraction of sp³-hybridized carbons (Fsp3) is 0.263. The third-order valence-corrected chi connectivity index (χ3v) is 4.63. The second-order valence-corrected chi connectivity index (χ2v) is 6.32. The monoisotopic (exact) mass is 349 g/mol. The van der Waals surface area contributed by atoms with Gasteiger partial charge in [-0.05, 0) is 44.1 Å². The van der Waals surface area contributed by atoms with Crippen molar-refractivity contribution >= 4 is 22.5 Å². The third kappa shape index (κ3) is 3.09. The van der Waals surface area contributed by atoms with Crippen LogP contribution in [0.15, 0.2) is 59.0 Å². The molecule has 1 amide bonds. The zero-order valence-electron chi connectivity index (χ0n) is 14.2. The van der Waals surface area contributed by atoms with Crippen LogP contribution in [0.2, 0.25) is 0 Å². The van der Waals surface area contributed by atoms with Crippen LogP contribution in [-0.4, -0.2) is 38.6 Å². The first-order valence-electron chi connectivity index (χ1n) is 8.62. The second-order valence-electron chi connectivity index (χ2n) is 6.32. The number of rotatable bonds is 4. The lowest BCUT2D eigenvalue weighted by Gasteiger charge is -2.17. The Hall–Kier alpha value is -3.06. The molecule has 3 aromatic rings. The number of carbonyl (C=O) groups excluding carboxylic acids is 1. The molecule has 1 fully saturated rings. The minimum atomic E-state index is -0.469.